The van der Waals surface area contributed by atoms with Gasteiger partial charge in [-0.2, -0.15) is 0 Å². The highest BCUT2D eigenvalue weighted by atomic mass is 16.1. The summed E-state index contributed by atoms with van der Waals surface area (Å²) in [4.78, 5) is 11.4. The third-order valence-electron chi connectivity index (χ3n) is 2.21. The van der Waals surface area contributed by atoms with Gasteiger partial charge in [0.25, 0.3) is 0 Å². The summed E-state index contributed by atoms with van der Waals surface area (Å²) in [6, 6.07) is -0.275. The average molecular weight is 183 g/mol. The van der Waals surface area contributed by atoms with Crippen molar-refractivity contribution in [1.82, 2.24) is 0 Å². The van der Waals surface area contributed by atoms with Crippen molar-refractivity contribution >= 4 is 5.78 Å². The lowest BCUT2D eigenvalue weighted by atomic mass is 10.0. The molecule has 0 fully saturated rings. The summed E-state index contributed by atoms with van der Waals surface area (Å²) in [6.07, 6.45) is 4.27. The van der Waals surface area contributed by atoms with Crippen LogP contribution >= 0.6 is 0 Å². The summed E-state index contributed by atoms with van der Waals surface area (Å²) in [5.41, 5.74) is 6.70. The maximum absolute atomic E-state index is 11.4. The fraction of sp³-hybridized carbons (Fsp3) is 0.727. The van der Waals surface area contributed by atoms with Crippen molar-refractivity contribution in [3.05, 3.63) is 12.2 Å². The van der Waals surface area contributed by atoms with Gasteiger partial charge in [-0.3, -0.25) is 4.79 Å². The van der Waals surface area contributed by atoms with Crippen LogP contribution in [0.25, 0.3) is 0 Å². The topological polar surface area (TPSA) is 43.1 Å². The number of allylic oxidation sites excluding steroid dienone is 1. The third kappa shape index (κ3) is 5.58. The van der Waals surface area contributed by atoms with Gasteiger partial charge in [0.2, 0.25) is 0 Å². The van der Waals surface area contributed by atoms with Gasteiger partial charge in [0.05, 0.1) is 6.04 Å². The molecule has 0 saturated heterocycles. The molecular formula is C11H21NO. The minimum atomic E-state index is -0.275. The Bertz CT molecular complexity index is 175. The van der Waals surface area contributed by atoms with Crippen LogP contribution in [-0.4, -0.2) is 11.8 Å². The SMILES string of the molecule is C=C(CC)CC(=O)C(N)CCCC. The third-order valence-corrected chi connectivity index (χ3v) is 2.21. The second-order valence-electron chi connectivity index (χ2n) is 3.50. The van der Waals surface area contributed by atoms with Crippen molar-refractivity contribution in [1.29, 1.82) is 0 Å². The van der Waals surface area contributed by atoms with E-state index in [0.29, 0.717) is 6.42 Å². The van der Waals surface area contributed by atoms with Gasteiger partial charge in [-0.25, -0.2) is 0 Å². The van der Waals surface area contributed by atoms with E-state index < -0.39 is 0 Å². The normalized spacial score (nSPS) is 12.5. The number of ketones is 1. The van der Waals surface area contributed by atoms with Crippen LogP contribution in [0.2, 0.25) is 0 Å². The Hall–Kier alpha value is -0.630. The van der Waals surface area contributed by atoms with Gasteiger partial charge in [0.1, 0.15) is 0 Å². The summed E-state index contributed by atoms with van der Waals surface area (Å²) < 4.78 is 0. The molecular weight excluding hydrogens is 162 g/mol. The zero-order valence-corrected chi connectivity index (χ0v) is 8.81. The van der Waals surface area contributed by atoms with E-state index in [9.17, 15) is 4.79 Å². The number of carbonyl (C=O) groups excluding carboxylic acids is 1. The Morgan fingerprint density at radius 1 is 1.46 bits per heavy atom. The van der Waals surface area contributed by atoms with Crippen molar-refractivity contribution < 1.29 is 4.79 Å². The smallest absolute Gasteiger partial charge is 0.153 e. The van der Waals surface area contributed by atoms with Gasteiger partial charge >= 0.3 is 0 Å². The average Bonchev–Trinajstić information content (AvgIpc) is 2.13. The van der Waals surface area contributed by atoms with E-state index in [-0.39, 0.29) is 11.8 Å². The molecule has 13 heavy (non-hydrogen) atoms. The molecule has 0 aliphatic heterocycles. The molecule has 0 aromatic heterocycles. The molecule has 0 aliphatic carbocycles. The molecule has 0 aromatic rings. The highest BCUT2D eigenvalue weighted by molar-refractivity contribution is 5.85. The molecule has 0 rings (SSSR count). The number of nitrogens with two attached hydrogens (primary N) is 1. The molecule has 0 aromatic carbocycles. The molecule has 0 heterocycles. The van der Waals surface area contributed by atoms with Crippen molar-refractivity contribution in [3.8, 4) is 0 Å². The molecule has 0 radical (unpaired) electrons. The van der Waals surface area contributed by atoms with Gasteiger partial charge in [0.15, 0.2) is 5.78 Å². The molecule has 0 amide bonds. The first-order valence-corrected chi connectivity index (χ1v) is 5.06. The standard InChI is InChI=1S/C11H21NO/c1-4-6-7-10(12)11(13)8-9(3)5-2/h10H,3-8,12H2,1-2H3. The minimum Gasteiger partial charge on any atom is -0.321 e. The molecule has 76 valence electrons. The molecule has 0 spiro atoms. The molecule has 2 nitrogen and oxygen atoms in total. The first-order valence-electron chi connectivity index (χ1n) is 5.06. The van der Waals surface area contributed by atoms with Crippen LogP contribution in [0.4, 0.5) is 0 Å². The lowest BCUT2D eigenvalue weighted by Crippen LogP contribution is -2.30. The number of hydrogen-bond donors (Lipinski definition) is 1. The van der Waals surface area contributed by atoms with Gasteiger partial charge < -0.3 is 5.73 Å². The van der Waals surface area contributed by atoms with Crippen molar-refractivity contribution in [2.75, 3.05) is 0 Å². The number of unbranched alkanes of at least 4 members (excludes halogenated alkanes) is 1. The lowest BCUT2D eigenvalue weighted by molar-refractivity contribution is -0.119. The number of rotatable bonds is 7. The molecule has 2 N–H and O–H groups in total. The Kier molecular flexibility index (Phi) is 6.51. The first-order chi connectivity index (χ1) is 6.11. The molecule has 1 atom stereocenters. The van der Waals surface area contributed by atoms with Gasteiger partial charge in [0, 0.05) is 6.42 Å². The zero-order valence-electron chi connectivity index (χ0n) is 8.81. The summed E-state index contributed by atoms with van der Waals surface area (Å²) in [7, 11) is 0. The van der Waals surface area contributed by atoms with Gasteiger partial charge in [-0.15, -0.1) is 0 Å². The van der Waals surface area contributed by atoms with E-state index in [1.165, 1.54) is 0 Å². The van der Waals surface area contributed by atoms with Gasteiger partial charge in [-0.1, -0.05) is 38.8 Å². The largest absolute Gasteiger partial charge is 0.321 e. The van der Waals surface area contributed by atoms with E-state index in [4.69, 9.17) is 5.73 Å². The van der Waals surface area contributed by atoms with E-state index in [2.05, 4.69) is 13.5 Å². The lowest BCUT2D eigenvalue weighted by Gasteiger charge is -2.09. The summed E-state index contributed by atoms with van der Waals surface area (Å²) in [5, 5.41) is 0. The van der Waals surface area contributed by atoms with Crippen molar-refractivity contribution in [3.63, 3.8) is 0 Å². The quantitative estimate of drug-likeness (QED) is 0.616. The van der Waals surface area contributed by atoms with E-state index in [1.54, 1.807) is 0 Å². The van der Waals surface area contributed by atoms with Crippen LogP contribution in [0.3, 0.4) is 0 Å². The maximum atomic E-state index is 11.4. The van der Waals surface area contributed by atoms with Crippen LogP contribution in [0, 0.1) is 0 Å². The predicted octanol–water partition coefficient (Wildman–Crippen LogP) is 2.43. The maximum Gasteiger partial charge on any atom is 0.153 e. The molecule has 2 heteroatoms. The number of Topliss-reactive ketones (excluding diaryl/α,β-unsaturated/α-hetero) is 1. The first kappa shape index (κ1) is 12.4. The summed E-state index contributed by atoms with van der Waals surface area (Å²) in [6.45, 7) is 7.91. The van der Waals surface area contributed by atoms with E-state index in [1.807, 2.05) is 6.92 Å². The van der Waals surface area contributed by atoms with Crippen LogP contribution in [-0.2, 0) is 4.79 Å². The Balaban J connectivity index is 3.75. The molecule has 1 unspecified atom stereocenters. The second-order valence-corrected chi connectivity index (χ2v) is 3.50. The Morgan fingerprint density at radius 2 is 2.08 bits per heavy atom. The summed E-state index contributed by atoms with van der Waals surface area (Å²) in [5.74, 6) is 0.139. The molecule has 0 saturated carbocycles. The van der Waals surface area contributed by atoms with Crippen LogP contribution in [0.1, 0.15) is 46.0 Å². The van der Waals surface area contributed by atoms with Crippen molar-refractivity contribution in [2.24, 2.45) is 5.73 Å². The number of carbonyl (C=O) groups is 1. The highest BCUT2D eigenvalue weighted by Crippen LogP contribution is 2.08. The summed E-state index contributed by atoms with van der Waals surface area (Å²) >= 11 is 0. The fourth-order valence-corrected chi connectivity index (χ4v) is 1.09. The van der Waals surface area contributed by atoms with E-state index in [0.717, 1.165) is 31.3 Å². The number of hydrogen-bond acceptors (Lipinski definition) is 2. The monoisotopic (exact) mass is 183 g/mol. The second kappa shape index (κ2) is 6.84. The zero-order chi connectivity index (χ0) is 10.3. The molecule has 0 bridgehead atoms. The molecule has 0 aliphatic rings. The Labute approximate surface area is 81.2 Å². The van der Waals surface area contributed by atoms with E-state index >= 15 is 0 Å². The fourth-order valence-electron chi connectivity index (χ4n) is 1.09. The highest BCUT2D eigenvalue weighted by Gasteiger charge is 2.12. The van der Waals surface area contributed by atoms with Crippen LogP contribution in [0.15, 0.2) is 12.2 Å². The van der Waals surface area contributed by atoms with Crippen molar-refractivity contribution in [2.45, 2.75) is 52.0 Å². The van der Waals surface area contributed by atoms with Crippen LogP contribution in [0.5, 0.6) is 0 Å². The Morgan fingerprint density at radius 3 is 2.54 bits per heavy atom. The van der Waals surface area contributed by atoms with Gasteiger partial charge in [-0.05, 0) is 12.8 Å². The predicted molar refractivity (Wildman–Crippen MR) is 56.6 cm³/mol. The minimum absolute atomic E-state index is 0.139. The van der Waals surface area contributed by atoms with Crippen LogP contribution < -0.4 is 5.73 Å².